The lowest BCUT2D eigenvalue weighted by molar-refractivity contribution is -0.134. The van der Waals surface area contributed by atoms with Crippen LogP contribution in [0.2, 0.25) is 0 Å². The lowest BCUT2D eigenvalue weighted by Gasteiger charge is -2.44. The van der Waals surface area contributed by atoms with Gasteiger partial charge in [0.1, 0.15) is 11.8 Å². The minimum absolute atomic E-state index is 0.0182. The van der Waals surface area contributed by atoms with Crippen LogP contribution >= 0.6 is 0 Å². The number of aliphatic hydroxyl groups is 1. The van der Waals surface area contributed by atoms with E-state index in [9.17, 15) is 9.90 Å². The van der Waals surface area contributed by atoms with Gasteiger partial charge in [0.25, 0.3) is 0 Å². The topological polar surface area (TPSA) is 73.4 Å². The zero-order valence-corrected chi connectivity index (χ0v) is 14.3. The van der Waals surface area contributed by atoms with Crippen LogP contribution in [0, 0.1) is 5.92 Å². The second-order valence-corrected chi connectivity index (χ2v) is 7.27. The second-order valence-electron chi connectivity index (χ2n) is 7.27. The van der Waals surface area contributed by atoms with Gasteiger partial charge in [-0.15, -0.1) is 0 Å². The Kier molecular flexibility index (Phi) is 6.63. The summed E-state index contributed by atoms with van der Waals surface area (Å²) < 4.78 is 0. The first-order valence-electron chi connectivity index (χ1n) is 8.20. The van der Waals surface area contributed by atoms with E-state index in [4.69, 9.17) is 0 Å². The third kappa shape index (κ3) is 5.24. The number of carbonyl (C=O) groups is 1. The molecule has 0 saturated carbocycles. The van der Waals surface area contributed by atoms with Crippen molar-refractivity contribution >= 4 is 5.91 Å². The zero-order valence-electron chi connectivity index (χ0n) is 14.3. The Balaban J connectivity index is 3.06. The van der Waals surface area contributed by atoms with Crippen LogP contribution in [0.3, 0.4) is 0 Å². The van der Waals surface area contributed by atoms with Crippen molar-refractivity contribution in [3.05, 3.63) is 0 Å². The highest BCUT2D eigenvalue weighted by molar-refractivity contribution is 5.87. The third-order valence-electron chi connectivity index (χ3n) is 4.04. The summed E-state index contributed by atoms with van der Waals surface area (Å²) in [4.78, 5) is 13.0. The molecule has 2 unspecified atom stereocenters. The minimum atomic E-state index is -0.697. The smallest absolute Gasteiger partial charge is 0.241 e. The molecule has 1 fully saturated rings. The van der Waals surface area contributed by atoms with Crippen molar-refractivity contribution < 1.29 is 9.90 Å². The highest BCUT2D eigenvalue weighted by Gasteiger charge is 2.46. The number of carbonyl (C=O) groups excluding carboxylic acids is 1. The van der Waals surface area contributed by atoms with Crippen molar-refractivity contribution in [3.8, 4) is 0 Å². The molecule has 0 radical (unpaired) electrons. The first kappa shape index (κ1) is 18.4. The zero-order chi connectivity index (χ0) is 16.1. The summed E-state index contributed by atoms with van der Waals surface area (Å²) in [6.45, 7) is 11.6. The lowest BCUT2D eigenvalue weighted by atomic mass is 9.74. The van der Waals surface area contributed by atoms with E-state index in [0.717, 1.165) is 38.8 Å². The molecule has 2 atom stereocenters. The molecule has 0 bridgehead atoms. The summed E-state index contributed by atoms with van der Waals surface area (Å²) in [7, 11) is 0. The van der Waals surface area contributed by atoms with Gasteiger partial charge >= 0.3 is 0 Å². The number of amides is 1. The van der Waals surface area contributed by atoms with Gasteiger partial charge in [-0.1, -0.05) is 13.3 Å². The number of piperidine rings is 1. The summed E-state index contributed by atoms with van der Waals surface area (Å²) in [5.74, 6) is 0.264. The van der Waals surface area contributed by atoms with E-state index in [-0.39, 0.29) is 17.4 Å². The Morgan fingerprint density at radius 3 is 2.33 bits per heavy atom. The lowest BCUT2D eigenvalue weighted by Crippen LogP contribution is -2.66. The normalized spacial score (nSPS) is 21.6. The molecule has 0 aromatic carbocycles. The highest BCUT2D eigenvalue weighted by Crippen LogP contribution is 2.32. The number of nitrogens with one attached hydrogen (secondary N) is 3. The van der Waals surface area contributed by atoms with Crippen LogP contribution in [0.5, 0.6) is 0 Å². The van der Waals surface area contributed by atoms with Crippen LogP contribution in [0.15, 0.2) is 0 Å². The number of hydrogen-bond donors (Lipinski definition) is 4. The van der Waals surface area contributed by atoms with Crippen LogP contribution in [0.4, 0.5) is 0 Å². The van der Waals surface area contributed by atoms with Gasteiger partial charge in [0.15, 0.2) is 0 Å². The van der Waals surface area contributed by atoms with Gasteiger partial charge in [-0.3, -0.25) is 10.1 Å². The standard InChI is InChI=1S/C16H33N3O2/c1-6-9-16(18-12(2)20,13-7-10-17-11-8-13)14(21)19-15(3,4)5/h12-13,17-18,20H,6-11H2,1-5H3,(H,19,21). The van der Waals surface area contributed by atoms with Crippen molar-refractivity contribution in [1.82, 2.24) is 16.0 Å². The molecular formula is C16H33N3O2. The van der Waals surface area contributed by atoms with E-state index in [2.05, 4.69) is 22.9 Å². The first-order chi connectivity index (χ1) is 9.71. The molecule has 5 nitrogen and oxygen atoms in total. The Labute approximate surface area is 129 Å². The van der Waals surface area contributed by atoms with Crippen molar-refractivity contribution in [2.45, 2.75) is 77.6 Å². The van der Waals surface area contributed by atoms with E-state index >= 15 is 0 Å². The van der Waals surface area contributed by atoms with E-state index in [0.29, 0.717) is 0 Å². The van der Waals surface area contributed by atoms with Crippen LogP contribution in [0.1, 0.15) is 60.3 Å². The highest BCUT2D eigenvalue weighted by atomic mass is 16.3. The Hall–Kier alpha value is -0.650. The molecule has 1 rings (SSSR count). The van der Waals surface area contributed by atoms with Gasteiger partial charge < -0.3 is 15.7 Å². The molecular weight excluding hydrogens is 266 g/mol. The molecule has 1 amide bonds. The average Bonchev–Trinajstić information content (AvgIpc) is 2.36. The monoisotopic (exact) mass is 299 g/mol. The van der Waals surface area contributed by atoms with E-state index in [1.165, 1.54) is 0 Å². The molecule has 1 saturated heterocycles. The number of aliphatic hydroxyl groups excluding tert-OH is 1. The van der Waals surface area contributed by atoms with Crippen LogP contribution in [-0.2, 0) is 4.79 Å². The summed E-state index contributed by atoms with van der Waals surface area (Å²) in [6, 6.07) is 0. The van der Waals surface area contributed by atoms with Gasteiger partial charge in [-0.2, -0.15) is 0 Å². The molecule has 124 valence electrons. The maximum absolute atomic E-state index is 13.0. The Bertz CT molecular complexity index is 333. The van der Waals surface area contributed by atoms with Gasteiger partial charge in [0.2, 0.25) is 5.91 Å². The van der Waals surface area contributed by atoms with Crippen molar-refractivity contribution in [2.24, 2.45) is 5.92 Å². The molecule has 0 aliphatic carbocycles. The molecule has 1 heterocycles. The largest absolute Gasteiger partial charge is 0.379 e. The molecule has 4 N–H and O–H groups in total. The summed E-state index contributed by atoms with van der Waals surface area (Å²) >= 11 is 0. The summed E-state index contributed by atoms with van der Waals surface area (Å²) in [5, 5.41) is 19.5. The van der Waals surface area contributed by atoms with E-state index < -0.39 is 11.8 Å². The fraction of sp³-hybridized carbons (Fsp3) is 0.938. The Morgan fingerprint density at radius 1 is 1.33 bits per heavy atom. The molecule has 1 aliphatic heterocycles. The molecule has 1 aliphatic rings. The molecule has 0 spiro atoms. The SMILES string of the molecule is CCCC(NC(C)O)(C(=O)NC(C)(C)C)C1CCNCC1. The van der Waals surface area contributed by atoms with E-state index in [1.54, 1.807) is 6.92 Å². The first-order valence-corrected chi connectivity index (χ1v) is 8.20. The molecule has 5 heteroatoms. The predicted octanol–water partition coefficient (Wildman–Crippen LogP) is 1.37. The predicted molar refractivity (Wildman–Crippen MR) is 85.9 cm³/mol. The van der Waals surface area contributed by atoms with Crippen LogP contribution < -0.4 is 16.0 Å². The van der Waals surface area contributed by atoms with E-state index in [1.807, 2.05) is 20.8 Å². The van der Waals surface area contributed by atoms with Gasteiger partial charge in [0, 0.05) is 5.54 Å². The third-order valence-corrected chi connectivity index (χ3v) is 4.04. The number of hydrogen-bond acceptors (Lipinski definition) is 4. The van der Waals surface area contributed by atoms with Crippen molar-refractivity contribution in [1.29, 1.82) is 0 Å². The quantitative estimate of drug-likeness (QED) is 0.559. The average molecular weight is 299 g/mol. The maximum Gasteiger partial charge on any atom is 0.241 e. The molecule has 0 aromatic rings. The van der Waals surface area contributed by atoms with Crippen molar-refractivity contribution in [3.63, 3.8) is 0 Å². The number of rotatable bonds is 6. The fourth-order valence-electron chi connectivity index (χ4n) is 3.29. The second kappa shape index (κ2) is 7.56. The van der Waals surface area contributed by atoms with Gasteiger partial charge in [-0.25, -0.2) is 0 Å². The molecule has 21 heavy (non-hydrogen) atoms. The minimum Gasteiger partial charge on any atom is -0.379 e. The van der Waals surface area contributed by atoms with Gasteiger partial charge in [0.05, 0.1) is 0 Å². The summed E-state index contributed by atoms with van der Waals surface area (Å²) in [6.07, 6.45) is 2.86. The van der Waals surface area contributed by atoms with Crippen LogP contribution in [-0.4, -0.2) is 41.4 Å². The maximum atomic E-state index is 13.0. The van der Waals surface area contributed by atoms with Crippen molar-refractivity contribution in [2.75, 3.05) is 13.1 Å². The van der Waals surface area contributed by atoms with Gasteiger partial charge in [-0.05, 0) is 66.0 Å². The fourth-order valence-corrected chi connectivity index (χ4v) is 3.29. The van der Waals surface area contributed by atoms with Crippen LogP contribution in [0.25, 0.3) is 0 Å². The molecule has 0 aromatic heterocycles. The summed E-state index contributed by atoms with van der Waals surface area (Å²) in [5.41, 5.74) is -0.957. The Morgan fingerprint density at radius 2 is 1.90 bits per heavy atom.